The fraction of sp³-hybridized carbons (Fsp3) is 0.294. The lowest BCUT2D eigenvalue weighted by atomic mass is 10.2. The molecular formula is C17H20FNO2. The summed E-state index contributed by atoms with van der Waals surface area (Å²) in [5.74, 6) is 1.18. The van der Waals surface area contributed by atoms with Crippen molar-refractivity contribution in [1.82, 2.24) is 0 Å². The molecule has 112 valence electrons. The zero-order valence-electron chi connectivity index (χ0n) is 12.4. The molecule has 0 bridgehead atoms. The van der Waals surface area contributed by atoms with Gasteiger partial charge in [-0.15, -0.1) is 0 Å². The number of ether oxygens (including phenoxy) is 2. The van der Waals surface area contributed by atoms with E-state index in [9.17, 15) is 4.39 Å². The standard InChI is InChI=1S/C17H20FNO2/c1-3-20-15-9-4-5-10-16(15)21-12-11-19-17-13(2)7-6-8-14(17)18/h4-10,19H,3,11-12H2,1-2H3. The zero-order chi connectivity index (χ0) is 15.1. The first-order valence-corrected chi connectivity index (χ1v) is 7.06. The molecule has 3 nitrogen and oxygen atoms in total. The Balaban J connectivity index is 1.88. The maximum Gasteiger partial charge on any atom is 0.161 e. The third kappa shape index (κ3) is 4.12. The molecule has 0 atom stereocenters. The van der Waals surface area contributed by atoms with Gasteiger partial charge in [0.1, 0.15) is 12.4 Å². The molecule has 2 aromatic rings. The molecule has 0 fully saturated rings. The number of aryl methyl sites for hydroxylation is 1. The van der Waals surface area contributed by atoms with Crippen LogP contribution in [0.1, 0.15) is 12.5 Å². The number of benzene rings is 2. The minimum Gasteiger partial charge on any atom is -0.490 e. The van der Waals surface area contributed by atoms with Crippen LogP contribution in [0.5, 0.6) is 11.5 Å². The Hall–Kier alpha value is -2.23. The molecule has 0 aliphatic carbocycles. The Labute approximate surface area is 124 Å². The van der Waals surface area contributed by atoms with Gasteiger partial charge in [0.25, 0.3) is 0 Å². The molecule has 0 saturated carbocycles. The quantitative estimate of drug-likeness (QED) is 0.781. The molecule has 0 heterocycles. The summed E-state index contributed by atoms with van der Waals surface area (Å²) in [6.07, 6.45) is 0. The van der Waals surface area contributed by atoms with Crippen molar-refractivity contribution in [2.75, 3.05) is 25.1 Å². The highest BCUT2D eigenvalue weighted by atomic mass is 19.1. The smallest absolute Gasteiger partial charge is 0.161 e. The number of rotatable bonds is 7. The summed E-state index contributed by atoms with van der Waals surface area (Å²) in [6, 6.07) is 12.5. The van der Waals surface area contributed by atoms with E-state index in [1.807, 2.05) is 44.2 Å². The van der Waals surface area contributed by atoms with Crippen LogP contribution in [0.15, 0.2) is 42.5 Å². The van der Waals surface area contributed by atoms with Gasteiger partial charge in [0.2, 0.25) is 0 Å². The lowest BCUT2D eigenvalue weighted by molar-refractivity contribution is 0.284. The van der Waals surface area contributed by atoms with E-state index in [-0.39, 0.29) is 5.82 Å². The molecule has 4 heteroatoms. The van der Waals surface area contributed by atoms with Gasteiger partial charge in [-0.05, 0) is 37.6 Å². The summed E-state index contributed by atoms with van der Waals surface area (Å²) < 4.78 is 24.8. The van der Waals surface area contributed by atoms with Gasteiger partial charge in [0.05, 0.1) is 12.3 Å². The fourth-order valence-electron chi connectivity index (χ4n) is 2.04. The topological polar surface area (TPSA) is 30.5 Å². The van der Waals surface area contributed by atoms with Crippen LogP contribution in [0.3, 0.4) is 0 Å². The second kappa shape index (κ2) is 7.53. The second-order valence-corrected chi connectivity index (χ2v) is 4.59. The van der Waals surface area contributed by atoms with Crippen LogP contribution in [0.4, 0.5) is 10.1 Å². The van der Waals surface area contributed by atoms with Gasteiger partial charge in [-0.3, -0.25) is 0 Å². The Bertz CT molecular complexity index is 567. The fourth-order valence-corrected chi connectivity index (χ4v) is 2.04. The molecule has 0 amide bonds. The van der Waals surface area contributed by atoms with Gasteiger partial charge < -0.3 is 14.8 Å². The lowest BCUT2D eigenvalue weighted by Crippen LogP contribution is -2.13. The lowest BCUT2D eigenvalue weighted by Gasteiger charge is -2.13. The maximum atomic E-state index is 13.6. The van der Waals surface area contributed by atoms with Gasteiger partial charge in [-0.1, -0.05) is 24.3 Å². The highest BCUT2D eigenvalue weighted by Crippen LogP contribution is 2.26. The van der Waals surface area contributed by atoms with E-state index in [4.69, 9.17) is 9.47 Å². The number of hydrogen-bond acceptors (Lipinski definition) is 3. The van der Waals surface area contributed by atoms with Crippen LogP contribution in [0.25, 0.3) is 0 Å². The normalized spacial score (nSPS) is 10.2. The average Bonchev–Trinajstić information content (AvgIpc) is 2.48. The van der Waals surface area contributed by atoms with Crippen molar-refractivity contribution in [3.05, 3.63) is 53.8 Å². The zero-order valence-corrected chi connectivity index (χ0v) is 12.4. The summed E-state index contributed by atoms with van der Waals surface area (Å²) in [6.45, 7) is 5.34. The number of halogens is 1. The Morgan fingerprint density at radius 1 is 1.00 bits per heavy atom. The first kappa shape index (κ1) is 15.2. The Morgan fingerprint density at radius 2 is 1.71 bits per heavy atom. The molecule has 0 saturated heterocycles. The molecule has 0 spiro atoms. The summed E-state index contributed by atoms with van der Waals surface area (Å²) in [5.41, 5.74) is 1.41. The Kier molecular flexibility index (Phi) is 5.43. The Morgan fingerprint density at radius 3 is 2.38 bits per heavy atom. The summed E-state index contributed by atoms with van der Waals surface area (Å²) >= 11 is 0. The van der Waals surface area contributed by atoms with Gasteiger partial charge in [0.15, 0.2) is 11.5 Å². The molecule has 1 N–H and O–H groups in total. The molecule has 2 aromatic carbocycles. The van der Waals surface area contributed by atoms with E-state index < -0.39 is 0 Å². The second-order valence-electron chi connectivity index (χ2n) is 4.59. The minimum absolute atomic E-state index is 0.246. The molecule has 0 aromatic heterocycles. The van der Waals surface area contributed by atoms with Crippen molar-refractivity contribution in [3.63, 3.8) is 0 Å². The molecule has 0 radical (unpaired) electrons. The van der Waals surface area contributed by atoms with Crippen molar-refractivity contribution >= 4 is 5.69 Å². The van der Waals surface area contributed by atoms with Gasteiger partial charge >= 0.3 is 0 Å². The van der Waals surface area contributed by atoms with E-state index in [1.54, 1.807) is 6.07 Å². The van der Waals surface area contributed by atoms with Crippen molar-refractivity contribution < 1.29 is 13.9 Å². The molecule has 0 unspecified atom stereocenters. The van der Waals surface area contributed by atoms with E-state index in [0.29, 0.717) is 31.2 Å². The van der Waals surface area contributed by atoms with E-state index in [0.717, 1.165) is 11.3 Å². The van der Waals surface area contributed by atoms with Crippen molar-refractivity contribution in [1.29, 1.82) is 0 Å². The number of para-hydroxylation sites is 3. The summed E-state index contributed by atoms with van der Waals surface area (Å²) in [7, 11) is 0. The molecule has 21 heavy (non-hydrogen) atoms. The maximum absolute atomic E-state index is 13.6. The van der Waals surface area contributed by atoms with Crippen molar-refractivity contribution in [2.45, 2.75) is 13.8 Å². The highest BCUT2D eigenvalue weighted by Gasteiger charge is 2.05. The van der Waals surface area contributed by atoms with Gasteiger partial charge in [-0.2, -0.15) is 0 Å². The van der Waals surface area contributed by atoms with Crippen LogP contribution < -0.4 is 14.8 Å². The largest absolute Gasteiger partial charge is 0.490 e. The average molecular weight is 289 g/mol. The molecular weight excluding hydrogens is 269 g/mol. The highest BCUT2D eigenvalue weighted by molar-refractivity contribution is 5.51. The van der Waals surface area contributed by atoms with Crippen molar-refractivity contribution in [2.24, 2.45) is 0 Å². The molecule has 0 aliphatic rings. The van der Waals surface area contributed by atoms with E-state index in [2.05, 4.69) is 5.32 Å². The number of hydrogen-bond donors (Lipinski definition) is 1. The van der Waals surface area contributed by atoms with Crippen molar-refractivity contribution in [3.8, 4) is 11.5 Å². The van der Waals surface area contributed by atoms with Crippen LogP contribution in [0.2, 0.25) is 0 Å². The van der Waals surface area contributed by atoms with Crippen LogP contribution in [-0.4, -0.2) is 19.8 Å². The SMILES string of the molecule is CCOc1ccccc1OCCNc1c(C)cccc1F. The number of anilines is 1. The van der Waals surface area contributed by atoms with Crippen LogP contribution in [0, 0.1) is 12.7 Å². The summed E-state index contributed by atoms with van der Waals surface area (Å²) in [5, 5.41) is 3.06. The first-order valence-electron chi connectivity index (χ1n) is 7.06. The van der Waals surface area contributed by atoms with Crippen LogP contribution >= 0.6 is 0 Å². The minimum atomic E-state index is -0.246. The third-order valence-corrected chi connectivity index (χ3v) is 3.03. The number of nitrogens with one attached hydrogen (secondary N) is 1. The van der Waals surface area contributed by atoms with Crippen LogP contribution in [-0.2, 0) is 0 Å². The predicted octanol–water partition coefficient (Wildman–Crippen LogP) is 4.02. The van der Waals surface area contributed by atoms with Gasteiger partial charge in [0, 0.05) is 6.54 Å². The monoisotopic (exact) mass is 289 g/mol. The van der Waals surface area contributed by atoms with E-state index >= 15 is 0 Å². The first-order chi connectivity index (χ1) is 10.2. The predicted molar refractivity (Wildman–Crippen MR) is 82.7 cm³/mol. The van der Waals surface area contributed by atoms with Gasteiger partial charge in [-0.25, -0.2) is 4.39 Å². The molecule has 2 rings (SSSR count). The van der Waals surface area contributed by atoms with E-state index in [1.165, 1.54) is 6.07 Å². The molecule has 0 aliphatic heterocycles. The third-order valence-electron chi connectivity index (χ3n) is 3.03. The summed E-state index contributed by atoms with van der Waals surface area (Å²) in [4.78, 5) is 0.